The largest absolute Gasteiger partial charge is 0.479 e. The van der Waals surface area contributed by atoms with Gasteiger partial charge in [0.2, 0.25) is 5.91 Å². The lowest BCUT2D eigenvalue weighted by molar-refractivity contribution is -0.154. The smallest absolute Gasteiger partial charge is 0.408 e. The van der Waals surface area contributed by atoms with Crippen molar-refractivity contribution in [3.63, 3.8) is 0 Å². The normalized spacial score (nSPS) is 19.4. The number of carboxylic acids is 1. The maximum atomic E-state index is 13.5. The molecule has 2 saturated carbocycles. The van der Waals surface area contributed by atoms with E-state index in [4.69, 9.17) is 4.74 Å². The van der Waals surface area contributed by atoms with E-state index in [-0.39, 0.29) is 18.4 Å². The summed E-state index contributed by atoms with van der Waals surface area (Å²) in [4.78, 5) is 39.7. The minimum Gasteiger partial charge on any atom is -0.479 e. The summed E-state index contributed by atoms with van der Waals surface area (Å²) in [6.45, 7) is 0.166. The Hall–Kier alpha value is -3.35. The van der Waals surface area contributed by atoms with Crippen LogP contribution in [-0.4, -0.2) is 52.7 Å². The number of aliphatic carboxylic acids is 1. The summed E-state index contributed by atoms with van der Waals surface area (Å²) in [6.07, 6.45) is 3.77. The summed E-state index contributed by atoms with van der Waals surface area (Å²) in [6, 6.07) is 16.3. The molecule has 0 spiro atoms. The van der Waals surface area contributed by atoms with Crippen molar-refractivity contribution in [3.05, 3.63) is 59.7 Å². The number of nitrogens with zero attached hydrogens (tertiary/aromatic N) is 1. The van der Waals surface area contributed by atoms with Crippen LogP contribution in [0, 0.1) is 0 Å². The zero-order valence-corrected chi connectivity index (χ0v) is 19.4. The van der Waals surface area contributed by atoms with E-state index in [1.807, 2.05) is 24.3 Å². The molecule has 2 aromatic carbocycles. The summed E-state index contributed by atoms with van der Waals surface area (Å²) in [5.41, 5.74) is 2.27. The van der Waals surface area contributed by atoms with Gasteiger partial charge in [0.15, 0.2) is 0 Å². The first kappa shape index (κ1) is 22.4. The van der Waals surface area contributed by atoms with Crippen molar-refractivity contribution in [3.8, 4) is 11.1 Å². The molecule has 2 fully saturated rings. The number of carbonyl (C=O) groups is 3. The second kappa shape index (κ2) is 8.46. The van der Waals surface area contributed by atoms with Gasteiger partial charge in [-0.1, -0.05) is 67.8 Å². The molecule has 0 heterocycles. The molecule has 0 aliphatic heterocycles. The predicted octanol–water partition coefficient (Wildman–Crippen LogP) is 4.30. The fraction of sp³-hybridized carbons (Fsp3) is 0.444. The summed E-state index contributed by atoms with van der Waals surface area (Å²) in [5.74, 6) is -1.39. The number of ether oxygens (including phenoxy) is 1. The molecule has 2 aromatic rings. The average Bonchev–Trinajstić information content (AvgIpc) is 3.61. The highest BCUT2D eigenvalue weighted by Gasteiger charge is 2.58. The van der Waals surface area contributed by atoms with E-state index in [9.17, 15) is 19.5 Å². The molecule has 0 atom stereocenters. The molecule has 2 N–H and O–H groups in total. The second-order valence-corrected chi connectivity index (χ2v) is 9.79. The first-order chi connectivity index (χ1) is 16.4. The van der Waals surface area contributed by atoms with E-state index in [2.05, 4.69) is 29.6 Å². The van der Waals surface area contributed by atoms with Gasteiger partial charge in [-0.2, -0.15) is 0 Å². The number of hydrogen-bond acceptors (Lipinski definition) is 4. The topological polar surface area (TPSA) is 95.9 Å². The van der Waals surface area contributed by atoms with Crippen molar-refractivity contribution in [2.24, 2.45) is 0 Å². The molecule has 0 saturated heterocycles. The van der Waals surface area contributed by atoms with Crippen LogP contribution >= 0.6 is 0 Å². The van der Waals surface area contributed by atoms with Gasteiger partial charge in [-0.05, 0) is 47.9 Å². The van der Waals surface area contributed by atoms with Crippen LogP contribution < -0.4 is 5.32 Å². The molecule has 0 radical (unpaired) electrons. The van der Waals surface area contributed by atoms with E-state index < -0.39 is 23.1 Å². The molecule has 7 heteroatoms. The number of amides is 2. The average molecular weight is 463 g/mol. The maximum Gasteiger partial charge on any atom is 0.408 e. The monoisotopic (exact) mass is 462 g/mol. The van der Waals surface area contributed by atoms with Crippen LogP contribution in [0.3, 0.4) is 0 Å². The molecule has 3 aliphatic rings. The highest BCUT2D eigenvalue weighted by atomic mass is 16.5. The molecular weight excluding hydrogens is 432 g/mol. The van der Waals surface area contributed by atoms with Gasteiger partial charge >= 0.3 is 12.1 Å². The van der Waals surface area contributed by atoms with Gasteiger partial charge < -0.3 is 20.1 Å². The van der Waals surface area contributed by atoms with Gasteiger partial charge in [0.25, 0.3) is 0 Å². The first-order valence-corrected chi connectivity index (χ1v) is 12.0. The van der Waals surface area contributed by atoms with Crippen LogP contribution in [0.5, 0.6) is 0 Å². The summed E-state index contributed by atoms with van der Waals surface area (Å²) in [7, 11) is 1.54. The third-order valence-corrected chi connectivity index (χ3v) is 7.87. The third-order valence-electron chi connectivity index (χ3n) is 7.87. The van der Waals surface area contributed by atoms with Crippen LogP contribution in [0.4, 0.5) is 4.79 Å². The predicted molar refractivity (Wildman–Crippen MR) is 126 cm³/mol. The van der Waals surface area contributed by atoms with Crippen molar-refractivity contribution in [1.29, 1.82) is 0 Å². The second-order valence-electron chi connectivity index (χ2n) is 9.79. The number of benzene rings is 2. The van der Waals surface area contributed by atoms with E-state index in [1.165, 1.54) is 4.90 Å². The van der Waals surface area contributed by atoms with Crippen molar-refractivity contribution in [2.45, 2.75) is 61.9 Å². The third kappa shape index (κ3) is 3.63. The molecule has 2 amide bonds. The lowest BCUT2D eigenvalue weighted by Gasteiger charge is -2.40. The first-order valence-electron chi connectivity index (χ1n) is 12.0. The quantitative estimate of drug-likeness (QED) is 0.667. The Kier molecular flexibility index (Phi) is 5.58. The highest BCUT2D eigenvalue weighted by molar-refractivity contribution is 5.95. The summed E-state index contributed by atoms with van der Waals surface area (Å²) in [5, 5.41) is 12.5. The Morgan fingerprint density at radius 3 is 2.03 bits per heavy atom. The van der Waals surface area contributed by atoms with Gasteiger partial charge in [-0.15, -0.1) is 0 Å². The summed E-state index contributed by atoms with van der Waals surface area (Å²) < 4.78 is 5.71. The molecule has 178 valence electrons. The SMILES string of the molecule is CN(C(=O)C1(NC(=O)OCC2c3ccccc3-c3ccccc32)CCCCC1)C1(C(=O)O)CC1. The zero-order valence-electron chi connectivity index (χ0n) is 19.4. The number of rotatable bonds is 6. The minimum atomic E-state index is -1.15. The maximum absolute atomic E-state index is 13.5. The molecule has 0 bridgehead atoms. The lowest BCUT2D eigenvalue weighted by atomic mass is 9.80. The van der Waals surface area contributed by atoms with Crippen LogP contribution in [-0.2, 0) is 14.3 Å². The van der Waals surface area contributed by atoms with Gasteiger partial charge in [-0.25, -0.2) is 9.59 Å². The van der Waals surface area contributed by atoms with E-state index in [0.717, 1.165) is 41.5 Å². The van der Waals surface area contributed by atoms with Gasteiger partial charge in [0.1, 0.15) is 17.7 Å². The number of hydrogen-bond donors (Lipinski definition) is 2. The molecule has 34 heavy (non-hydrogen) atoms. The van der Waals surface area contributed by atoms with Crippen LogP contribution in [0.15, 0.2) is 48.5 Å². The zero-order chi connectivity index (χ0) is 23.9. The Morgan fingerprint density at radius 1 is 0.941 bits per heavy atom. The molecular formula is C27H30N2O5. The van der Waals surface area contributed by atoms with Gasteiger partial charge in [0.05, 0.1) is 0 Å². The fourth-order valence-electron chi connectivity index (χ4n) is 5.70. The van der Waals surface area contributed by atoms with Crippen LogP contribution in [0.2, 0.25) is 0 Å². The molecule has 0 unspecified atom stereocenters. The lowest BCUT2D eigenvalue weighted by Crippen LogP contribution is -2.63. The Labute approximate surface area is 199 Å². The number of fused-ring (bicyclic) bond motifs is 3. The standard InChI is InChI=1S/C27H30N2O5/c1-29(27(15-16-27)24(31)32)23(30)26(13-7-2-8-14-26)28-25(33)34-17-22-20-11-5-3-9-18(20)19-10-4-6-12-21(19)22/h3-6,9-12,22H,2,7-8,13-17H2,1H3,(H,28,33)(H,31,32). The summed E-state index contributed by atoms with van der Waals surface area (Å²) >= 11 is 0. The van der Waals surface area contributed by atoms with Crippen molar-refractivity contribution < 1.29 is 24.2 Å². The molecule has 7 nitrogen and oxygen atoms in total. The van der Waals surface area contributed by atoms with Gasteiger partial charge in [0, 0.05) is 13.0 Å². The van der Waals surface area contributed by atoms with Crippen molar-refractivity contribution in [1.82, 2.24) is 10.2 Å². The molecule has 5 rings (SSSR count). The number of alkyl carbamates (subject to hydrolysis) is 1. The fourth-order valence-corrected chi connectivity index (χ4v) is 5.70. The number of nitrogens with one attached hydrogen (secondary N) is 1. The van der Waals surface area contributed by atoms with E-state index in [0.29, 0.717) is 25.7 Å². The Balaban J connectivity index is 1.32. The number of carbonyl (C=O) groups excluding carboxylic acids is 2. The van der Waals surface area contributed by atoms with Crippen LogP contribution in [0.25, 0.3) is 11.1 Å². The van der Waals surface area contributed by atoms with E-state index in [1.54, 1.807) is 7.05 Å². The highest BCUT2D eigenvalue weighted by Crippen LogP contribution is 2.45. The molecule has 3 aliphatic carbocycles. The van der Waals surface area contributed by atoms with Crippen molar-refractivity contribution >= 4 is 18.0 Å². The van der Waals surface area contributed by atoms with E-state index >= 15 is 0 Å². The number of likely N-dealkylation sites (N-methyl/N-ethyl adjacent to an activating group) is 1. The van der Waals surface area contributed by atoms with Crippen LogP contribution in [0.1, 0.15) is 62.0 Å². The minimum absolute atomic E-state index is 0.0689. The molecule has 0 aromatic heterocycles. The van der Waals surface area contributed by atoms with Gasteiger partial charge in [-0.3, -0.25) is 4.79 Å². The number of carboxylic acid groups (broad SMARTS) is 1. The Morgan fingerprint density at radius 2 is 1.50 bits per heavy atom. The Bertz CT molecular complexity index is 1090. The van der Waals surface area contributed by atoms with Crippen molar-refractivity contribution in [2.75, 3.05) is 13.7 Å².